The predicted molar refractivity (Wildman–Crippen MR) is 120 cm³/mol. The molecular weight excluding hydrogens is 434 g/mol. The molecule has 9 nitrogen and oxygen atoms in total. The minimum atomic E-state index is -3.63. The van der Waals surface area contributed by atoms with Crippen molar-refractivity contribution in [3.63, 3.8) is 0 Å². The predicted octanol–water partition coefficient (Wildman–Crippen LogP) is 2.00. The summed E-state index contributed by atoms with van der Waals surface area (Å²) in [6.45, 7) is 0.996. The van der Waals surface area contributed by atoms with Gasteiger partial charge in [-0.3, -0.25) is 9.59 Å². The van der Waals surface area contributed by atoms with Crippen LogP contribution < -0.4 is 19.7 Å². The van der Waals surface area contributed by atoms with Crippen LogP contribution in [0.5, 0.6) is 5.75 Å². The number of methoxy groups -OCH3 is 2. The van der Waals surface area contributed by atoms with Crippen molar-refractivity contribution < 1.29 is 27.5 Å². The third kappa shape index (κ3) is 5.84. The number of amides is 2. The van der Waals surface area contributed by atoms with Gasteiger partial charge in [0.1, 0.15) is 5.75 Å². The largest absolute Gasteiger partial charge is 0.497 e. The van der Waals surface area contributed by atoms with E-state index < -0.39 is 15.9 Å². The summed E-state index contributed by atoms with van der Waals surface area (Å²) in [6, 6.07) is 13.0. The fraction of sp³-hybridized carbons (Fsp3) is 0.364. The fourth-order valence-electron chi connectivity index (χ4n) is 3.38. The lowest BCUT2D eigenvalue weighted by Gasteiger charge is -2.17. The number of nitrogens with zero attached hydrogens (tertiary/aromatic N) is 1. The van der Waals surface area contributed by atoms with Gasteiger partial charge in [-0.25, -0.2) is 13.1 Å². The Morgan fingerprint density at radius 1 is 1.16 bits per heavy atom. The summed E-state index contributed by atoms with van der Waals surface area (Å²) in [5, 5.41) is 2.76. The van der Waals surface area contributed by atoms with Crippen LogP contribution in [0.15, 0.2) is 53.4 Å². The smallest absolute Gasteiger partial charge is 0.240 e. The number of anilines is 2. The average molecular weight is 462 g/mol. The number of sulfonamides is 1. The van der Waals surface area contributed by atoms with Gasteiger partial charge in [-0.05, 0) is 42.8 Å². The van der Waals surface area contributed by atoms with Crippen LogP contribution in [0.1, 0.15) is 12.8 Å². The van der Waals surface area contributed by atoms with Crippen molar-refractivity contribution in [2.75, 3.05) is 44.1 Å². The third-order valence-electron chi connectivity index (χ3n) is 5.11. The van der Waals surface area contributed by atoms with Crippen molar-refractivity contribution in [3.8, 4) is 5.75 Å². The van der Waals surface area contributed by atoms with Crippen molar-refractivity contribution >= 4 is 33.2 Å². The number of nitrogens with one attached hydrogen (secondary N) is 2. The molecule has 1 aliphatic rings. The van der Waals surface area contributed by atoms with E-state index in [1.54, 1.807) is 43.4 Å². The Balaban J connectivity index is 1.59. The van der Waals surface area contributed by atoms with Gasteiger partial charge < -0.3 is 19.7 Å². The van der Waals surface area contributed by atoms with Gasteiger partial charge in [0.05, 0.1) is 17.9 Å². The topological polar surface area (TPSA) is 114 Å². The maximum absolute atomic E-state index is 12.7. The molecule has 1 unspecified atom stereocenters. The minimum Gasteiger partial charge on any atom is -0.497 e. The van der Waals surface area contributed by atoms with Crippen LogP contribution in [0.3, 0.4) is 0 Å². The van der Waals surface area contributed by atoms with Crippen LogP contribution >= 0.6 is 0 Å². The summed E-state index contributed by atoms with van der Waals surface area (Å²) in [6.07, 6.45) is 0.664. The lowest BCUT2D eigenvalue weighted by molar-refractivity contribution is -0.122. The first-order valence-electron chi connectivity index (χ1n) is 10.2. The third-order valence-corrected chi connectivity index (χ3v) is 6.59. The van der Waals surface area contributed by atoms with E-state index in [0.29, 0.717) is 30.2 Å². The molecule has 0 spiro atoms. The summed E-state index contributed by atoms with van der Waals surface area (Å²) in [7, 11) is -0.527. The Labute approximate surface area is 187 Å². The number of ether oxygens (including phenoxy) is 2. The van der Waals surface area contributed by atoms with Crippen LogP contribution in [0.25, 0.3) is 0 Å². The van der Waals surface area contributed by atoms with Gasteiger partial charge in [-0.15, -0.1) is 0 Å². The minimum absolute atomic E-state index is 0.0981. The number of hydrogen-bond donors (Lipinski definition) is 2. The van der Waals surface area contributed by atoms with E-state index in [1.165, 1.54) is 24.3 Å². The first-order valence-corrected chi connectivity index (χ1v) is 11.7. The maximum atomic E-state index is 12.7. The van der Waals surface area contributed by atoms with Crippen LogP contribution in [-0.2, 0) is 24.3 Å². The number of hydrogen-bond acceptors (Lipinski definition) is 6. The van der Waals surface area contributed by atoms with Crippen LogP contribution in [0.2, 0.25) is 0 Å². The fourth-order valence-corrected chi connectivity index (χ4v) is 4.45. The van der Waals surface area contributed by atoms with Crippen LogP contribution in [0.4, 0.5) is 11.4 Å². The normalized spacial score (nSPS) is 16.2. The van der Waals surface area contributed by atoms with Crippen LogP contribution in [-0.4, -0.2) is 54.1 Å². The standard InChI is InChI=1S/C22H27N3O6S/c1-30-12-4-11-23-32(28,29)20-9-7-17(8-10-20)24-22(27)16-13-21(26)25(15-16)18-5-3-6-19(14-18)31-2/h3,5-10,14,16,23H,4,11-13,15H2,1-2H3,(H,24,27). The Hall–Kier alpha value is -2.95. The number of carbonyl (C=O) groups excluding carboxylic acids is 2. The first kappa shape index (κ1) is 23.7. The monoisotopic (exact) mass is 461 g/mol. The van der Waals surface area contributed by atoms with E-state index in [2.05, 4.69) is 10.0 Å². The summed E-state index contributed by atoms with van der Waals surface area (Å²) >= 11 is 0. The molecule has 0 aromatic heterocycles. The molecule has 2 aromatic carbocycles. The summed E-state index contributed by atoms with van der Waals surface area (Å²) < 4.78 is 37.2. The molecular formula is C22H27N3O6S. The number of rotatable bonds is 10. The molecule has 10 heteroatoms. The Morgan fingerprint density at radius 3 is 2.59 bits per heavy atom. The highest BCUT2D eigenvalue weighted by Crippen LogP contribution is 2.28. The highest BCUT2D eigenvalue weighted by molar-refractivity contribution is 7.89. The van der Waals surface area contributed by atoms with E-state index in [9.17, 15) is 18.0 Å². The van der Waals surface area contributed by atoms with Gasteiger partial charge in [-0.1, -0.05) is 6.07 Å². The highest BCUT2D eigenvalue weighted by atomic mass is 32.2. The quantitative estimate of drug-likeness (QED) is 0.523. The zero-order valence-electron chi connectivity index (χ0n) is 18.0. The molecule has 2 aromatic rings. The van der Waals surface area contributed by atoms with Crippen molar-refractivity contribution in [2.24, 2.45) is 5.92 Å². The highest BCUT2D eigenvalue weighted by Gasteiger charge is 2.35. The van der Waals surface area contributed by atoms with Gasteiger partial charge in [0, 0.05) is 50.7 Å². The number of benzene rings is 2. The molecule has 2 N–H and O–H groups in total. The maximum Gasteiger partial charge on any atom is 0.240 e. The van der Waals surface area contributed by atoms with Crippen molar-refractivity contribution in [2.45, 2.75) is 17.7 Å². The van der Waals surface area contributed by atoms with Gasteiger partial charge >= 0.3 is 0 Å². The van der Waals surface area contributed by atoms with E-state index in [0.717, 1.165) is 0 Å². The molecule has 2 amide bonds. The second-order valence-corrected chi connectivity index (χ2v) is 9.13. The Bertz CT molecular complexity index is 1060. The zero-order chi connectivity index (χ0) is 23.1. The zero-order valence-corrected chi connectivity index (χ0v) is 18.9. The van der Waals surface area contributed by atoms with E-state index in [4.69, 9.17) is 9.47 Å². The molecule has 1 saturated heterocycles. The van der Waals surface area contributed by atoms with Gasteiger partial charge in [0.15, 0.2) is 0 Å². The molecule has 32 heavy (non-hydrogen) atoms. The second kappa shape index (κ2) is 10.6. The number of carbonyl (C=O) groups is 2. The average Bonchev–Trinajstić information content (AvgIpc) is 3.19. The Kier molecular flexibility index (Phi) is 7.84. The molecule has 0 radical (unpaired) electrons. The molecule has 1 atom stereocenters. The van der Waals surface area contributed by atoms with E-state index in [-0.39, 0.29) is 36.2 Å². The van der Waals surface area contributed by atoms with E-state index in [1.807, 2.05) is 0 Å². The van der Waals surface area contributed by atoms with Gasteiger partial charge in [0.25, 0.3) is 0 Å². The Morgan fingerprint density at radius 2 is 1.91 bits per heavy atom. The second-order valence-electron chi connectivity index (χ2n) is 7.36. The van der Waals surface area contributed by atoms with Gasteiger partial charge in [-0.2, -0.15) is 0 Å². The lowest BCUT2D eigenvalue weighted by Crippen LogP contribution is -2.28. The van der Waals surface area contributed by atoms with Crippen molar-refractivity contribution in [3.05, 3.63) is 48.5 Å². The molecule has 0 aliphatic carbocycles. The van der Waals surface area contributed by atoms with Crippen molar-refractivity contribution in [1.29, 1.82) is 0 Å². The molecule has 0 saturated carbocycles. The summed E-state index contributed by atoms with van der Waals surface area (Å²) in [5.41, 5.74) is 1.14. The van der Waals surface area contributed by atoms with Gasteiger partial charge in [0.2, 0.25) is 21.8 Å². The lowest BCUT2D eigenvalue weighted by atomic mass is 10.1. The SMILES string of the molecule is COCCCNS(=O)(=O)c1ccc(NC(=O)C2CC(=O)N(c3cccc(OC)c3)C2)cc1. The molecule has 1 aliphatic heterocycles. The molecule has 1 fully saturated rings. The van der Waals surface area contributed by atoms with E-state index >= 15 is 0 Å². The molecule has 3 rings (SSSR count). The summed E-state index contributed by atoms with van der Waals surface area (Å²) in [5.74, 6) is -0.317. The molecule has 172 valence electrons. The summed E-state index contributed by atoms with van der Waals surface area (Å²) in [4.78, 5) is 26.8. The van der Waals surface area contributed by atoms with Crippen molar-refractivity contribution in [1.82, 2.24) is 4.72 Å². The van der Waals surface area contributed by atoms with Crippen LogP contribution in [0, 0.1) is 5.92 Å². The molecule has 1 heterocycles. The molecule has 0 bridgehead atoms. The first-order chi connectivity index (χ1) is 15.3.